The molecule has 1 aromatic heterocycles. The van der Waals surface area contributed by atoms with Crippen molar-refractivity contribution in [3.8, 4) is 0 Å². The highest BCUT2D eigenvalue weighted by Crippen LogP contribution is 2.38. The number of fused-ring (bicyclic) bond motifs is 1. The Bertz CT molecular complexity index is 664. The van der Waals surface area contributed by atoms with Crippen LogP contribution in [-0.2, 0) is 0 Å². The summed E-state index contributed by atoms with van der Waals surface area (Å²) in [5.41, 5.74) is 1.16. The molecule has 4 nitrogen and oxygen atoms in total. The van der Waals surface area contributed by atoms with Crippen LogP contribution in [0.4, 0.5) is 5.69 Å². The summed E-state index contributed by atoms with van der Waals surface area (Å²) >= 11 is 7.79. The van der Waals surface area contributed by atoms with Gasteiger partial charge in [-0.3, -0.25) is 4.79 Å². The van der Waals surface area contributed by atoms with E-state index in [2.05, 4.69) is 9.97 Å². The largest absolute Gasteiger partial charge is 0.302 e. The van der Waals surface area contributed by atoms with Crippen molar-refractivity contribution in [3.05, 3.63) is 47.5 Å². The van der Waals surface area contributed by atoms with Crippen molar-refractivity contribution in [3.63, 3.8) is 0 Å². The topological polar surface area (TPSA) is 46.1 Å². The van der Waals surface area contributed by atoms with Crippen LogP contribution in [0.15, 0.2) is 41.7 Å². The molecule has 102 valence electrons. The van der Waals surface area contributed by atoms with E-state index in [4.69, 9.17) is 11.6 Å². The van der Waals surface area contributed by atoms with Gasteiger partial charge in [0.1, 0.15) is 6.33 Å². The Hall–Kier alpha value is -1.59. The SMILES string of the molecule is C[C@@H]1CSc2ccccc2N1C(=O)c1ncncc1Cl. The standard InChI is InChI=1S/C14H12ClN3OS/c1-9-7-20-12-5-3-2-4-11(12)18(9)14(19)13-10(15)6-16-8-17-13/h2-6,8-9H,7H2,1H3/t9-/m1/s1. The number of para-hydroxylation sites is 1. The smallest absolute Gasteiger partial charge is 0.278 e. The fourth-order valence-electron chi connectivity index (χ4n) is 2.19. The first-order chi connectivity index (χ1) is 9.68. The van der Waals surface area contributed by atoms with E-state index in [-0.39, 0.29) is 22.7 Å². The monoisotopic (exact) mass is 305 g/mol. The molecule has 0 spiro atoms. The highest BCUT2D eigenvalue weighted by molar-refractivity contribution is 7.99. The molecular weight excluding hydrogens is 294 g/mol. The summed E-state index contributed by atoms with van der Waals surface area (Å²) in [7, 11) is 0. The van der Waals surface area contributed by atoms with Crippen molar-refractivity contribution in [1.82, 2.24) is 9.97 Å². The molecule has 0 radical (unpaired) electrons. The Kier molecular flexibility index (Phi) is 3.63. The number of amides is 1. The summed E-state index contributed by atoms with van der Waals surface area (Å²) in [4.78, 5) is 23.4. The van der Waals surface area contributed by atoms with Gasteiger partial charge < -0.3 is 4.90 Å². The Morgan fingerprint density at radius 1 is 1.45 bits per heavy atom. The van der Waals surface area contributed by atoms with Crippen LogP contribution in [0.25, 0.3) is 0 Å². The first-order valence-electron chi connectivity index (χ1n) is 6.19. The Morgan fingerprint density at radius 3 is 3.05 bits per heavy atom. The maximum absolute atomic E-state index is 12.7. The van der Waals surface area contributed by atoms with Gasteiger partial charge in [0, 0.05) is 22.9 Å². The molecule has 0 saturated carbocycles. The first-order valence-corrected chi connectivity index (χ1v) is 7.55. The number of carbonyl (C=O) groups excluding carboxylic acids is 1. The summed E-state index contributed by atoms with van der Waals surface area (Å²) < 4.78 is 0. The van der Waals surface area contributed by atoms with Crippen molar-refractivity contribution in [2.24, 2.45) is 0 Å². The van der Waals surface area contributed by atoms with E-state index < -0.39 is 0 Å². The van der Waals surface area contributed by atoms with Gasteiger partial charge in [-0.25, -0.2) is 9.97 Å². The lowest BCUT2D eigenvalue weighted by Gasteiger charge is -2.34. The maximum atomic E-state index is 12.7. The third kappa shape index (κ3) is 2.27. The number of carbonyl (C=O) groups is 1. The van der Waals surface area contributed by atoms with Crippen molar-refractivity contribution in [2.75, 3.05) is 10.7 Å². The van der Waals surface area contributed by atoms with Crippen LogP contribution in [0.1, 0.15) is 17.4 Å². The molecule has 1 aliphatic rings. The molecule has 2 aromatic rings. The van der Waals surface area contributed by atoms with Crippen molar-refractivity contribution in [1.29, 1.82) is 0 Å². The van der Waals surface area contributed by atoms with Crippen LogP contribution in [0.2, 0.25) is 5.02 Å². The quantitative estimate of drug-likeness (QED) is 0.811. The minimum Gasteiger partial charge on any atom is -0.302 e. The number of rotatable bonds is 1. The van der Waals surface area contributed by atoms with E-state index in [0.717, 1.165) is 16.3 Å². The summed E-state index contributed by atoms with van der Waals surface area (Å²) in [6.45, 7) is 2.02. The second-order valence-electron chi connectivity index (χ2n) is 4.52. The van der Waals surface area contributed by atoms with Gasteiger partial charge in [-0.05, 0) is 19.1 Å². The number of nitrogens with zero attached hydrogens (tertiary/aromatic N) is 3. The minimum absolute atomic E-state index is 0.0911. The molecule has 6 heteroatoms. The molecule has 0 bridgehead atoms. The number of hydrogen-bond donors (Lipinski definition) is 0. The molecule has 0 N–H and O–H groups in total. The Labute approximate surface area is 126 Å². The lowest BCUT2D eigenvalue weighted by molar-refractivity contribution is 0.0975. The third-order valence-electron chi connectivity index (χ3n) is 3.13. The average Bonchev–Trinajstić information content (AvgIpc) is 2.47. The number of thioether (sulfide) groups is 1. The van der Waals surface area contributed by atoms with Gasteiger partial charge in [0.25, 0.3) is 5.91 Å². The van der Waals surface area contributed by atoms with Gasteiger partial charge in [-0.2, -0.15) is 0 Å². The zero-order chi connectivity index (χ0) is 14.1. The molecule has 0 saturated heterocycles. The van der Waals surface area contributed by atoms with E-state index in [9.17, 15) is 4.79 Å². The molecule has 0 aliphatic carbocycles. The second kappa shape index (κ2) is 5.42. The molecule has 0 fully saturated rings. The molecule has 2 heterocycles. The number of anilines is 1. The van der Waals surface area contributed by atoms with Crippen LogP contribution in [0, 0.1) is 0 Å². The van der Waals surface area contributed by atoms with Crippen LogP contribution >= 0.6 is 23.4 Å². The summed E-state index contributed by atoms with van der Waals surface area (Å²) in [5, 5.41) is 0.278. The zero-order valence-corrected chi connectivity index (χ0v) is 12.4. The minimum atomic E-state index is -0.183. The number of benzene rings is 1. The first kappa shape index (κ1) is 13.4. The van der Waals surface area contributed by atoms with Crippen molar-refractivity contribution in [2.45, 2.75) is 17.9 Å². The van der Waals surface area contributed by atoms with Gasteiger partial charge in [-0.15, -0.1) is 11.8 Å². The second-order valence-corrected chi connectivity index (χ2v) is 5.99. The van der Waals surface area contributed by atoms with Gasteiger partial charge in [0.15, 0.2) is 5.69 Å². The Balaban J connectivity index is 2.05. The third-order valence-corrected chi connectivity index (χ3v) is 4.72. The van der Waals surface area contributed by atoms with Crippen LogP contribution in [-0.4, -0.2) is 27.7 Å². The molecule has 1 atom stereocenters. The van der Waals surface area contributed by atoms with E-state index in [1.165, 1.54) is 12.5 Å². The molecule has 20 heavy (non-hydrogen) atoms. The lowest BCUT2D eigenvalue weighted by atomic mass is 10.2. The number of aromatic nitrogens is 2. The molecule has 3 rings (SSSR count). The van der Waals surface area contributed by atoms with Crippen LogP contribution in [0.5, 0.6) is 0 Å². The number of hydrogen-bond acceptors (Lipinski definition) is 4. The van der Waals surface area contributed by atoms with Gasteiger partial charge >= 0.3 is 0 Å². The average molecular weight is 306 g/mol. The summed E-state index contributed by atoms with van der Waals surface area (Å²) in [6, 6.07) is 7.97. The predicted molar refractivity (Wildman–Crippen MR) is 80.5 cm³/mol. The molecular formula is C14H12ClN3OS. The summed E-state index contributed by atoms with van der Waals surface area (Å²) in [6.07, 6.45) is 2.78. The highest BCUT2D eigenvalue weighted by Gasteiger charge is 2.30. The van der Waals surface area contributed by atoms with Crippen LogP contribution < -0.4 is 4.90 Å². The van der Waals surface area contributed by atoms with Gasteiger partial charge in [0.2, 0.25) is 0 Å². The van der Waals surface area contributed by atoms with E-state index in [1.54, 1.807) is 16.7 Å². The molecule has 1 aliphatic heterocycles. The fourth-order valence-corrected chi connectivity index (χ4v) is 3.44. The normalized spacial score (nSPS) is 17.7. The van der Waals surface area contributed by atoms with Crippen molar-refractivity contribution >= 4 is 35.0 Å². The fraction of sp³-hybridized carbons (Fsp3) is 0.214. The predicted octanol–water partition coefficient (Wildman–Crippen LogP) is 3.27. The number of halogens is 1. The molecule has 1 amide bonds. The lowest BCUT2D eigenvalue weighted by Crippen LogP contribution is -2.43. The highest BCUT2D eigenvalue weighted by atomic mass is 35.5. The maximum Gasteiger partial charge on any atom is 0.278 e. The molecule has 1 aromatic carbocycles. The van der Waals surface area contributed by atoms with Gasteiger partial charge in [0.05, 0.1) is 10.7 Å². The molecule has 0 unspecified atom stereocenters. The van der Waals surface area contributed by atoms with Gasteiger partial charge in [-0.1, -0.05) is 23.7 Å². The van der Waals surface area contributed by atoms with E-state index in [0.29, 0.717) is 0 Å². The summed E-state index contributed by atoms with van der Waals surface area (Å²) in [5.74, 6) is 0.670. The van der Waals surface area contributed by atoms with Crippen molar-refractivity contribution < 1.29 is 4.79 Å². The van der Waals surface area contributed by atoms with E-state index >= 15 is 0 Å². The van der Waals surface area contributed by atoms with E-state index in [1.807, 2.05) is 31.2 Å². The Morgan fingerprint density at radius 2 is 2.25 bits per heavy atom. The zero-order valence-electron chi connectivity index (χ0n) is 10.8. The van der Waals surface area contributed by atoms with Crippen LogP contribution in [0.3, 0.4) is 0 Å².